The van der Waals surface area contributed by atoms with Crippen molar-refractivity contribution in [3.63, 3.8) is 0 Å². The molecular formula is C16H13NO2. The van der Waals surface area contributed by atoms with Crippen LogP contribution >= 0.6 is 0 Å². The Hall–Kier alpha value is -2.55. The number of aromatic nitrogens is 1. The number of hydrogen-bond donors (Lipinski definition) is 0. The Kier molecular flexibility index (Phi) is 3.02. The van der Waals surface area contributed by atoms with Gasteiger partial charge in [0.05, 0.1) is 5.52 Å². The number of rotatable bonds is 3. The molecule has 3 nitrogen and oxygen atoms in total. The SMILES string of the molecule is O=C(COc1ccccc1)n1ccc2ccccc21. The Bertz CT molecular complexity index is 701. The summed E-state index contributed by atoms with van der Waals surface area (Å²) in [5, 5.41) is 1.05. The molecule has 0 radical (unpaired) electrons. The van der Waals surface area contributed by atoms with E-state index in [1.54, 1.807) is 10.8 Å². The van der Waals surface area contributed by atoms with Gasteiger partial charge in [0, 0.05) is 11.6 Å². The highest BCUT2D eigenvalue weighted by atomic mass is 16.5. The van der Waals surface area contributed by atoms with E-state index in [0.29, 0.717) is 5.75 Å². The third-order valence-electron chi connectivity index (χ3n) is 2.97. The molecule has 3 rings (SSSR count). The molecule has 0 unspecified atom stereocenters. The van der Waals surface area contributed by atoms with Crippen molar-refractivity contribution in [2.75, 3.05) is 6.61 Å². The molecular weight excluding hydrogens is 238 g/mol. The molecule has 0 saturated heterocycles. The molecule has 0 bridgehead atoms. The summed E-state index contributed by atoms with van der Waals surface area (Å²) < 4.78 is 7.09. The van der Waals surface area contributed by atoms with E-state index in [-0.39, 0.29) is 12.5 Å². The highest BCUT2D eigenvalue weighted by Gasteiger charge is 2.09. The van der Waals surface area contributed by atoms with E-state index in [1.165, 1.54) is 0 Å². The van der Waals surface area contributed by atoms with Crippen LogP contribution in [0.25, 0.3) is 10.9 Å². The Morgan fingerprint density at radius 3 is 2.53 bits per heavy atom. The average molecular weight is 251 g/mol. The van der Waals surface area contributed by atoms with Crippen molar-refractivity contribution in [2.45, 2.75) is 0 Å². The molecule has 0 saturated carbocycles. The van der Waals surface area contributed by atoms with Crippen molar-refractivity contribution in [3.8, 4) is 5.75 Å². The number of fused-ring (bicyclic) bond motifs is 1. The van der Waals surface area contributed by atoms with E-state index in [4.69, 9.17) is 4.74 Å². The number of hydrogen-bond acceptors (Lipinski definition) is 2. The largest absolute Gasteiger partial charge is 0.484 e. The zero-order chi connectivity index (χ0) is 13.1. The van der Waals surface area contributed by atoms with Gasteiger partial charge in [0.25, 0.3) is 5.91 Å². The number of para-hydroxylation sites is 2. The third kappa shape index (κ3) is 2.36. The Balaban J connectivity index is 1.77. The van der Waals surface area contributed by atoms with E-state index < -0.39 is 0 Å². The van der Waals surface area contributed by atoms with Gasteiger partial charge in [-0.25, -0.2) is 0 Å². The van der Waals surface area contributed by atoms with Gasteiger partial charge in [-0.3, -0.25) is 9.36 Å². The highest BCUT2D eigenvalue weighted by molar-refractivity contribution is 5.93. The van der Waals surface area contributed by atoms with Crippen LogP contribution in [0.15, 0.2) is 66.9 Å². The van der Waals surface area contributed by atoms with Gasteiger partial charge < -0.3 is 4.74 Å². The molecule has 94 valence electrons. The maximum Gasteiger partial charge on any atom is 0.268 e. The van der Waals surface area contributed by atoms with Gasteiger partial charge in [0.2, 0.25) is 0 Å². The summed E-state index contributed by atoms with van der Waals surface area (Å²) >= 11 is 0. The van der Waals surface area contributed by atoms with Gasteiger partial charge >= 0.3 is 0 Å². The zero-order valence-corrected chi connectivity index (χ0v) is 10.3. The second-order valence-corrected chi connectivity index (χ2v) is 4.24. The van der Waals surface area contributed by atoms with Crippen LogP contribution in [0.4, 0.5) is 0 Å². The average Bonchev–Trinajstić information content (AvgIpc) is 2.90. The Morgan fingerprint density at radius 1 is 0.947 bits per heavy atom. The van der Waals surface area contributed by atoms with Crippen LogP contribution in [-0.4, -0.2) is 17.1 Å². The van der Waals surface area contributed by atoms with Gasteiger partial charge in [0.15, 0.2) is 6.61 Å². The lowest BCUT2D eigenvalue weighted by Crippen LogP contribution is -2.18. The lowest BCUT2D eigenvalue weighted by atomic mass is 10.2. The number of nitrogens with zero attached hydrogens (tertiary/aromatic N) is 1. The van der Waals surface area contributed by atoms with Gasteiger partial charge in [-0.15, -0.1) is 0 Å². The minimum Gasteiger partial charge on any atom is -0.484 e. The van der Waals surface area contributed by atoms with Gasteiger partial charge in [-0.05, 0) is 24.3 Å². The van der Waals surface area contributed by atoms with Gasteiger partial charge in [-0.1, -0.05) is 36.4 Å². The van der Waals surface area contributed by atoms with Crippen molar-refractivity contribution in [1.82, 2.24) is 4.57 Å². The molecule has 0 N–H and O–H groups in total. The lowest BCUT2D eigenvalue weighted by molar-refractivity contribution is 0.0843. The highest BCUT2D eigenvalue weighted by Crippen LogP contribution is 2.15. The van der Waals surface area contributed by atoms with Crippen molar-refractivity contribution in [1.29, 1.82) is 0 Å². The Labute approximate surface area is 111 Å². The molecule has 0 fully saturated rings. The summed E-state index contributed by atoms with van der Waals surface area (Å²) in [4.78, 5) is 12.1. The standard InChI is InChI=1S/C16H13NO2/c18-16(12-19-14-7-2-1-3-8-14)17-11-10-13-6-4-5-9-15(13)17/h1-11H,12H2. The summed E-state index contributed by atoms with van der Waals surface area (Å²) in [7, 11) is 0. The summed E-state index contributed by atoms with van der Waals surface area (Å²) in [5.41, 5.74) is 0.907. The van der Waals surface area contributed by atoms with Crippen molar-refractivity contribution >= 4 is 16.8 Å². The molecule has 0 spiro atoms. The van der Waals surface area contributed by atoms with Crippen LogP contribution in [0.1, 0.15) is 4.79 Å². The molecule has 1 aromatic heterocycles. The van der Waals surface area contributed by atoms with Crippen LogP contribution < -0.4 is 4.74 Å². The number of ether oxygens (including phenoxy) is 1. The van der Waals surface area contributed by atoms with Crippen molar-refractivity contribution in [2.24, 2.45) is 0 Å². The second-order valence-electron chi connectivity index (χ2n) is 4.24. The summed E-state index contributed by atoms with van der Waals surface area (Å²) in [6, 6.07) is 19.1. The minimum atomic E-state index is -0.0787. The van der Waals surface area contributed by atoms with E-state index >= 15 is 0 Å². The fraction of sp³-hybridized carbons (Fsp3) is 0.0625. The van der Waals surface area contributed by atoms with Crippen LogP contribution in [0.2, 0.25) is 0 Å². The maximum atomic E-state index is 12.1. The summed E-state index contributed by atoms with van der Waals surface area (Å²) in [5.74, 6) is 0.623. The fourth-order valence-corrected chi connectivity index (χ4v) is 2.03. The molecule has 0 aliphatic carbocycles. The molecule has 0 aliphatic rings. The number of carbonyl (C=O) groups is 1. The smallest absolute Gasteiger partial charge is 0.268 e. The van der Waals surface area contributed by atoms with E-state index in [0.717, 1.165) is 10.9 Å². The first-order valence-corrected chi connectivity index (χ1v) is 6.12. The third-order valence-corrected chi connectivity index (χ3v) is 2.97. The van der Waals surface area contributed by atoms with Crippen molar-refractivity contribution < 1.29 is 9.53 Å². The van der Waals surface area contributed by atoms with Crippen LogP contribution in [0.5, 0.6) is 5.75 Å². The Morgan fingerprint density at radius 2 is 1.68 bits per heavy atom. The first-order valence-electron chi connectivity index (χ1n) is 6.12. The maximum absolute atomic E-state index is 12.1. The normalized spacial score (nSPS) is 10.5. The van der Waals surface area contributed by atoms with Crippen LogP contribution in [0, 0.1) is 0 Å². The predicted octanol–water partition coefficient (Wildman–Crippen LogP) is 3.36. The summed E-state index contributed by atoms with van der Waals surface area (Å²) in [6.45, 7) is 0.0304. The molecule has 3 heteroatoms. The molecule has 0 atom stereocenters. The minimum absolute atomic E-state index is 0.0304. The van der Waals surface area contributed by atoms with Crippen LogP contribution in [0.3, 0.4) is 0 Å². The molecule has 3 aromatic rings. The lowest BCUT2D eigenvalue weighted by Gasteiger charge is -2.06. The van der Waals surface area contributed by atoms with Crippen LogP contribution in [-0.2, 0) is 0 Å². The van der Waals surface area contributed by atoms with E-state index in [1.807, 2.05) is 60.7 Å². The second kappa shape index (κ2) is 4.98. The quantitative estimate of drug-likeness (QED) is 0.714. The fourth-order valence-electron chi connectivity index (χ4n) is 2.03. The molecule has 19 heavy (non-hydrogen) atoms. The van der Waals surface area contributed by atoms with Crippen molar-refractivity contribution in [3.05, 3.63) is 66.9 Å². The molecule has 2 aromatic carbocycles. The van der Waals surface area contributed by atoms with E-state index in [9.17, 15) is 4.79 Å². The van der Waals surface area contributed by atoms with Gasteiger partial charge in [-0.2, -0.15) is 0 Å². The number of carbonyl (C=O) groups excluding carboxylic acids is 1. The molecule has 0 aliphatic heterocycles. The molecule has 0 amide bonds. The monoisotopic (exact) mass is 251 g/mol. The zero-order valence-electron chi connectivity index (χ0n) is 10.3. The topological polar surface area (TPSA) is 31.2 Å². The van der Waals surface area contributed by atoms with E-state index in [2.05, 4.69) is 0 Å². The first-order chi connectivity index (χ1) is 9.34. The first kappa shape index (κ1) is 11.5. The predicted molar refractivity (Wildman–Crippen MR) is 74.5 cm³/mol. The number of benzene rings is 2. The summed E-state index contributed by atoms with van der Waals surface area (Å²) in [6.07, 6.45) is 1.78. The molecule has 1 heterocycles. The van der Waals surface area contributed by atoms with Gasteiger partial charge in [0.1, 0.15) is 5.75 Å².